The molecule has 0 saturated carbocycles. The van der Waals surface area contributed by atoms with E-state index in [0.717, 1.165) is 0 Å². The molecule has 0 unspecified atom stereocenters. The standard InChI is InChI=1S/C11H14N2O2/c1-8(2)15-11(14)10(7-12)9-3-5-13-6-4-9/h3-8H,12H2,1-2H3/b10-7-. The fourth-order valence-electron chi connectivity index (χ4n) is 1.09. The van der Waals surface area contributed by atoms with Crippen molar-refractivity contribution < 1.29 is 9.53 Å². The molecule has 0 aliphatic carbocycles. The second-order valence-corrected chi connectivity index (χ2v) is 3.27. The van der Waals surface area contributed by atoms with Gasteiger partial charge in [-0.05, 0) is 31.5 Å². The lowest BCUT2D eigenvalue weighted by Crippen LogP contribution is -2.14. The zero-order chi connectivity index (χ0) is 11.3. The maximum atomic E-state index is 11.6. The highest BCUT2D eigenvalue weighted by Crippen LogP contribution is 2.14. The van der Waals surface area contributed by atoms with Crippen molar-refractivity contribution in [2.24, 2.45) is 5.73 Å². The quantitative estimate of drug-likeness (QED) is 0.598. The molecule has 80 valence electrons. The molecule has 0 bridgehead atoms. The van der Waals surface area contributed by atoms with E-state index in [9.17, 15) is 4.79 Å². The highest BCUT2D eigenvalue weighted by atomic mass is 16.5. The molecule has 0 spiro atoms. The Morgan fingerprint density at radius 3 is 2.53 bits per heavy atom. The third-order valence-electron chi connectivity index (χ3n) is 1.72. The first kappa shape index (κ1) is 11.2. The van der Waals surface area contributed by atoms with Crippen LogP contribution in [0.4, 0.5) is 0 Å². The van der Waals surface area contributed by atoms with Gasteiger partial charge >= 0.3 is 5.97 Å². The Labute approximate surface area is 88.8 Å². The summed E-state index contributed by atoms with van der Waals surface area (Å²) in [4.78, 5) is 15.5. The van der Waals surface area contributed by atoms with Gasteiger partial charge in [0.1, 0.15) is 0 Å². The summed E-state index contributed by atoms with van der Waals surface area (Å²) >= 11 is 0. The number of rotatable bonds is 3. The van der Waals surface area contributed by atoms with E-state index in [4.69, 9.17) is 10.5 Å². The molecule has 1 aromatic heterocycles. The monoisotopic (exact) mass is 206 g/mol. The summed E-state index contributed by atoms with van der Waals surface area (Å²) in [5.41, 5.74) is 6.46. The molecule has 0 radical (unpaired) electrons. The Hall–Kier alpha value is -1.84. The molecule has 4 nitrogen and oxygen atoms in total. The zero-order valence-electron chi connectivity index (χ0n) is 8.81. The van der Waals surface area contributed by atoms with Gasteiger partial charge in [-0.15, -0.1) is 0 Å². The molecule has 0 aliphatic heterocycles. The summed E-state index contributed by atoms with van der Waals surface area (Å²) in [5, 5.41) is 0. The van der Waals surface area contributed by atoms with E-state index in [0.29, 0.717) is 11.1 Å². The predicted molar refractivity (Wildman–Crippen MR) is 57.6 cm³/mol. The van der Waals surface area contributed by atoms with Crippen molar-refractivity contribution in [3.8, 4) is 0 Å². The lowest BCUT2D eigenvalue weighted by molar-refractivity contribution is -0.140. The molecule has 4 heteroatoms. The van der Waals surface area contributed by atoms with Gasteiger partial charge in [0.2, 0.25) is 0 Å². The first-order chi connectivity index (χ1) is 7.15. The van der Waals surface area contributed by atoms with Gasteiger partial charge in [0, 0.05) is 18.6 Å². The van der Waals surface area contributed by atoms with Crippen molar-refractivity contribution in [3.63, 3.8) is 0 Å². The van der Waals surface area contributed by atoms with Crippen LogP contribution in [0, 0.1) is 0 Å². The van der Waals surface area contributed by atoms with Crippen molar-refractivity contribution in [3.05, 3.63) is 36.3 Å². The Morgan fingerprint density at radius 2 is 2.07 bits per heavy atom. The van der Waals surface area contributed by atoms with Gasteiger partial charge in [-0.2, -0.15) is 0 Å². The summed E-state index contributed by atoms with van der Waals surface area (Å²) in [6.45, 7) is 3.58. The van der Waals surface area contributed by atoms with Crippen molar-refractivity contribution in [1.29, 1.82) is 0 Å². The lowest BCUT2D eigenvalue weighted by atomic mass is 10.1. The van der Waals surface area contributed by atoms with Gasteiger partial charge in [-0.1, -0.05) is 0 Å². The van der Waals surface area contributed by atoms with Gasteiger partial charge < -0.3 is 10.5 Å². The average molecular weight is 206 g/mol. The Balaban J connectivity index is 2.87. The number of hydrogen-bond donors (Lipinski definition) is 1. The maximum Gasteiger partial charge on any atom is 0.340 e. The van der Waals surface area contributed by atoms with Gasteiger partial charge in [-0.3, -0.25) is 4.98 Å². The van der Waals surface area contributed by atoms with Crippen LogP contribution in [0.2, 0.25) is 0 Å². The predicted octanol–water partition coefficient (Wildman–Crippen LogP) is 1.33. The number of aromatic nitrogens is 1. The minimum atomic E-state index is -0.418. The fraction of sp³-hybridized carbons (Fsp3) is 0.273. The Morgan fingerprint density at radius 1 is 1.47 bits per heavy atom. The number of pyridine rings is 1. The molecule has 0 fully saturated rings. The van der Waals surface area contributed by atoms with Crippen molar-refractivity contribution in [1.82, 2.24) is 4.98 Å². The number of carbonyl (C=O) groups excluding carboxylic acids is 1. The molecule has 1 rings (SSSR count). The third-order valence-corrected chi connectivity index (χ3v) is 1.72. The molecule has 0 saturated heterocycles. The fourth-order valence-corrected chi connectivity index (χ4v) is 1.09. The molecule has 15 heavy (non-hydrogen) atoms. The molecule has 1 aromatic rings. The van der Waals surface area contributed by atoms with Crippen LogP contribution in [0.25, 0.3) is 5.57 Å². The lowest BCUT2D eigenvalue weighted by Gasteiger charge is -2.10. The number of esters is 1. The number of hydrogen-bond acceptors (Lipinski definition) is 4. The van der Waals surface area contributed by atoms with Crippen molar-refractivity contribution >= 4 is 11.5 Å². The van der Waals surface area contributed by atoms with Crippen LogP contribution in [0.15, 0.2) is 30.7 Å². The van der Waals surface area contributed by atoms with Crippen LogP contribution in [-0.2, 0) is 9.53 Å². The summed E-state index contributed by atoms with van der Waals surface area (Å²) < 4.78 is 5.05. The molecular weight excluding hydrogens is 192 g/mol. The van der Waals surface area contributed by atoms with Crippen LogP contribution in [0.1, 0.15) is 19.4 Å². The van der Waals surface area contributed by atoms with E-state index in [-0.39, 0.29) is 6.10 Å². The van der Waals surface area contributed by atoms with Crippen LogP contribution < -0.4 is 5.73 Å². The normalized spacial score (nSPS) is 11.5. The summed E-state index contributed by atoms with van der Waals surface area (Å²) in [6.07, 6.45) is 4.29. The van der Waals surface area contributed by atoms with Gasteiger partial charge in [-0.25, -0.2) is 4.79 Å². The molecule has 1 heterocycles. The van der Waals surface area contributed by atoms with E-state index < -0.39 is 5.97 Å². The molecule has 0 amide bonds. The van der Waals surface area contributed by atoms with Gasteiger partial charge in [0.25, 0.3) is 0 Å². The third kappa shape index (κ3) is 3.09. The number of carbonyl (C=O) groups is 1. The van der Waals surface area contributed by atoms with E-state index >= 15 is 0 Å². The second kappa shape index (κ2) is 5.14. The molecule has 2 N–H and O–H groups in total. The highest BCUT2D eigenvalue weighted by molar-refractivity contribution is 6.16. The molecule has 0 aromatic carbocycles. The van der Waals surface area contributed by atoms with E-state index in [1.165, 1.54) is 6.20 Å². The first-order valence-electron chi connectivity index (χ1n) is 4.68. The van der Waals surface area contributed by atoms with Crippen LogP contribution >= 0.6 is 0 Å². The summed E-state index contributed by atoms with van der Waals surface area (Å²) in [5.74, 6) is -0.418. The van der Waals surface area contributed by atoms with Crippen molar-refractivity contribution in [2.75, 3.05) is 0 Å². The number of ether oxygens (including phenoxy) is 1. The largest absolute Gasteiger partial charge is 0.459 e. The van der Waals surface area contributed by atoms with E-state index in [1.807, 2.05) is 0 Å². The molecular formula is C11H14N2O2. The van der Waals surface area contributed by atoms with Gasteiger partial charge in [0.05, 0.1) is 11.7 Å². The highest BCUT2D eigenvalue weighted by Gasteiger charge is 2.13. The minimum Gasteiger partial charge on any atom is -0.459 e. The van der Waals surface area contributed by atoms with Crippen molar-refractivity contribution in [2.45, 2.75) is 20.0 Å². The van der Waals surface area contributed by atoms with E-state index in [2.05, 4.69) is 4.98 Å². The summed E-state index contributed by atoms with van der Waals surface area (Å²) in [6, 6.07) is 3.42. The van der Waals surface area contributed by atoms with Crippen LogP contribution in [0.3, 0.4) is 0 Å². The molecule has 0 atom stereocenters. The minimum absolute atomic E-state index is 0.158. The van der Waals surface area contributed by atoms with Crippen LogP contribution in [-0.4, -0.2) is 17.1 Å². The Bertz CT molecular complexity index is 358. The first-order valence-corrected chi connectivity index (χ1v) is 4.68. The Kier molecular flexibility index (Phi) is 3.85. The van der Waals surface area contributed by atoms with Gasteiger partial charge in [0.15, 0.2) is 0 Å². The second-order valence-electron chi connectivity index (χ2n) is 3.27. The smallest absolute Gasteiger partial charge is 0.340 e. The van der Waals surface area contributed by atoms with Crippen LogP contribution in [0.5, 0.6) is 0 Å². The number of nitrogens with zero attached hydrogens (tertiary/aromatic N) is 1. The average Bonchev–Trinajstić information content (AvgIpc) is 2.19. The topological polar surface area (TPSA) is 65.2 Å². The zero-order valence-corrected chi connectivity index (χ0v) is 8.81. The summed E-state index contributed by atoms with van der Waals surface area (Å²) in [7, 11) is 0. The SMILES string of the molecule is CC(C)OC(=O)/C(=C\N)c1ccncc1. The van der Waals surface area contributed by atoms with E-state index in [1.54, 1.807) is 38.4 Å². The number of nitrogens with two attached hydrogens (primary N) is 1. The maximum absolute atomic E-state index is 11.6. The molecule has 0 aliphatic rings.